The Hall–Kier alpha value is -2.07. The number of benzene rings is 2. The maximum atomic E-state index is 9.96. The molecule has 0 bridgehead atoms. The Kier molecular flexibility index (Phi) is 3.93. The Morgan fingerprint density at radius 1 is 0.875 bits per heavy atom. The molecule has 0 amide bonds. The zero-order valence-corrected chi connectivity index (χ0v) is 13.9. The number of aromatic nitrogens is 1. The van der Waals surface area contributed by atoms with Crippen molar-refractivity contribution in [3.05, 3.63) is 81.5 Å². The molecule has 0 saturated carbocycles. The molecule has 1 aliphatic rings. The monoisotopic (exact) mass is 339 g/mol. The van der Waals surface area contributed by atoms with Gasteiger partial charge in [-0.2, -0.15) is 0 Å². The van der Waals surface area contributed by atoms with E-state index < -0.39 is 0 Å². The van der Waals surface area contributed by atoms with Gasteiger partial charge in [-0.25, -0.2) is 0 Å². The fraction of sp³-hybridized carbons (Fsp3) is 0.200. The lowest BCUT2D eigenvalue weighted by molar-refractivity contribution is 0.260. The molecule has 2 aromatic carbocycles. The third-order valence-corrected chi connectivity index (χ3v) is 5.08. The number of halogens is 1. The second-order valence-electron chi connectivity index (χ2n) is 6.11. The normalized spacial score (nSPS) is 12.8. The minimum absolute atomic E-state index is 0.0685. The summed E-state index contributed by atoms with van der Waals surface area (Å²) < 4.78 is 2.22. The van der Waals surface area contributed by atoms with Gasteiger partial charge in [-0.15, -0.1) is 0 Å². The SMILES string of the molecule is OCc1c(CO)c(-c2ccc(Cl)cc2)n2c1Cc1ccccc1C2. The van der Waals surface area contributed by atoms with E-state index >= 15 is 0 Å². The first-order valence-electron chi connectivity index (χ1n) is 8.00. The van der Waals surface area contributed by atoms with E-state index in [2.05, 4.69) is 22.8 Å². The van der Waals surface area contributed by atoms with E-state index in [1.54, 1.807) is 0 Å². The molecule has 0 atom stereocenters. The largest absolute Gasteiger partial charge is 0.392 e. The zero-order valence-electron chi connectivity index (χ0n) is 13.2. The Morgan fingerprint density at radius 2 is 1.54 bits per heavy atom. The summed E-state index contributed by atoms with van der Waals surface area (Å²) in [4.78, 5) is 0. The predicted octanol–water partition coefficient (Wildman–Crippen LogP) is 3.75. The van der Waals surface area contributed by atoms with Crippen LogP contribution in [-0.2, 0) is 26.2 Å². The second kappa shape index (κ2) is 6.10. The highest BCUT2D eigenvalue weighted by atomic mass is 35.5. The highest BCUT2D eigenvalue weighted by molar-refractivity contribution is 6.30. The second-order valence-corrected chi connectivity index (χ2v) is 6.54. The van der Waals surface area contributed by atoms with Crippen molar-refractivity contribution in [1.29, 1.82) is 0 Å². The third-order valence-electron chi connectivity index (χ3n) is 4.83. The van der Waals surface area contributed by atoms with Crippen LogP contribution in [0.2, 0.25) is 5.02 Å². The van der Waals surface area contributed by atoms with Crippen molar-refractivity contribution >= 4 is 11.6 Å². The van der Waals surface area contributed by atoms with Crippen LogP contribution in [-0.4, -0.2) is 14.8 Å². The van der Waals surface area contributed by atoms with Crippen LogP contribution in [0.5, 0.6) is 0 Å². The van der Waals surface area contributed by atoms with Gasteiger partial charge in [0.05, 0.1) is 18.9 Å². The zero-order chi connectivity index (χ0) is 16.7. The van der Waals surface area contributed by atoms with Gasteiger partial charge in [0.15, 0.2) is 0 Å². The van der Waals surface area contributed by atoms with E-state index in [-0.39, 0.29) is 13.2 Å². The highest BCUT2D eigenvalue weighted by Gasteiger charge is 2.26. The summed E-state index contributed by atoms with van der Waals surface area (Å²) >= 11 is 6.02. The molecule has 0 aliphatic carbocycles. The van der Waals surface area contributed by atoms with Crippen molar-refractivity contribution in [2.24, 2.45) is 0 Å². The molecule has 3 nitrogen and oxygen atoms in total. The summed E-state index contributed by atoms with van der Waals surface area (Å²) in [6.45, 7) is 0.585. The maximum Gasteiger partial charge on any atom is 0.0706 e. The van der Waals surface area contributed by atoms with Gasteiger partial charge in [-0.05, 0) is 28.8 Å². The predicted molar refractivity (Wildman–Crippen MR) is 95.1 cm³/mol. The molecule has 3 aromatic rings. The number of fused-ring (bicyclic) bond motifs is 2. The van der Waals surface area contributed by atoms with E-state index in [1.807, 2.05) is 30.3 Å². The topological polar surface area (TPSA) is 45.4 Å². The molecule has 4 heteroatoms. The average molecular weight is 340 g/mol. The lowest BCUT2D eigenvalue weighted by atomic mass is 9.97. The minimum atomic E-state index is -0.0931. The number of nitrogens with zero attached hydrogens (tertiary/aromatic N) is 1. The molecule has 122 valence electrons. The summed E-state index contributed by atoms with van der Waals surface area (Å²) in [6.07, 6.45) is 0.770. The third kappa shape index (κ3) is 2.37. The summed E-state index contributed by atoms with van der Waals surface area (Å²) in [5.74, 6) is 0. The Morgan fingerprint density at radius 3 is 2.21 bits per heavy atom. The van der Waals surface area contributed by atoms with Crippen LogP contribution in [0.4, 0.5) is 0 Å². The van der Waals surface area contributed by atoms with Crippen molar-refractivity contribution < 1.29 is 10.2 Å². The summed E-state index contributed by atoms with van der Waals surface area (Å²) in [7, 11) is 0. The lowest BCUT2D eigenvalue weighted by Gasteiger charge is -2.22. The van der Waals surface area contributed by atoms with Crippen molar-refractivity contribution in [2.45, 2.75) is 26.2 Å². The quantitative estimate of drug-likeness (QED) is 0.597. The van der Waals surface area contributed by atoms with Gasteiger partial charge in [0, 0.05) is 34.8 Å². The maximum absolute atomic E-state index is 9.96. The van der Waals surface area contributed by atoms with Gasteiger partial charge in [-0.3, -0.25) is 0 Å². The number of aliphatic hydroxyl groups is 2. The van der Waals surface area contributed by atoms with Gasteiger partial charge < -0.3 is 14.8 Å². The molecule has 24 heavy (non-hydrogen) atoms. The standard InChI is InChI=1S/C20H18ClNO2/c21-16-7-5-13(6-8-16)20-18(12-24)17(11-23)19-9-14-3-1-2-4-15(14)10-22(19)20/h1-8,23-24H,9-12H2. The van der Waals surface area contributed by atoms with E-state index in [1.165, 1.54) is 11.1 Å². The molecule has 0 radical (unpaired) electrons. The summed E-state index contributed by atoms with van der Waals surface area (Å²) in [5.41, 5.74) is 7.28. The van der Waals surface area contributed by atoms with Crippen LogP contribution in [0.3, 0.4) is 0 Å². The van der Waals surface area contributed by atoms with E-state index in [0.29, 0.717) is 5.02 Å². The van der Waals surface area contributed by atoms with Crippen LogP contribution < -0.4 is 0 Å². The van der Waals surface area contributed by atoms with E-state index in [9.17, 15) is 10.2 Å². The molecule has 0 fully saturated rings. The smallest absolute Gasteiger partial charge is 0.0706 e. The number of aliphatic hydroxyl groups excluding tert-OH is 2. The van der Waals surface area contributed by atoms with Crippen molar-refractivity contribution in [3.63, 3.8) is 0 Å². The van der Waals surface area contributed by atoms with Crippen molar-refractivity contribution in [2.75, 3.05) is 0 Å². The first-order valence-corrected chi connectivity index (χ1v) is 8.38. The molecule has 1 aliphatic heterocycles. The van der Waals surface area contributed by atoms with Crippen molar-refractivity contribution in [1.82, 2.24) is 4.57 Å². The molecule has 0 saturated heterocycles. The summed E-state index contributed by atoms with van der Waals surface area (Å²) in [6, 6.07) is 16.0. The van der Waals surface area contributed by atoms with Gasteiger partial charge in [-0.1, -0.05) is 48.0 Å². The van der Waals surface area contributed by atoms with E-state index in [4.69, 9.17) is 11.6 Å². The number of rotatable bonds is 3. The van der Waals surface area contributed by atoms with Crippen LogP contribution in [0.25, 0.3) is 11.3 Å². The Labute approximate surface area is 145 Å². The van der Waals surface area contributed by atoms with Gasteiger partial charge in [0.25, 0.3) is 0 Å². The van der Waals surface area contributed by atoms with E-state index in [0.717, 1.165) is 41.0 Å². The molecule has 0 unspecified atom stereocenters. The molecular formula is C20H18ClNO2. The van der Waals surface area contributed by atoms with Gasteiger partial charge >= 0.3 is 0 Å². The molecule has 2 heterocycles. The van der Waals surface area contributed by atoms with Crippen LogP contribution >= 0.6 is 11.6 Å². The fourth-order valence-corrected chi connectivity index (χ4v) is 3.81. The molecular weight excluding hydrogens is 322 g/mol. The lowest BCUT2D eigenvalue weighted by Crippen LogP contribution is -2.15. The Bertz CT molecular complexity index is 897. The molecule has 2 N–H and O–H groups in total. The minimum Gasteiger partial charge on any atom is -0.392 e. The molecule has 4 rings (SSSR count). The van der Waals surface area contributed by atoms with Crippen LogP contribution in [0, 0.1) is 0 Å². The number of hydrogen-bond acceptors (Lipinski definition) is 2. The fourth-order valence-electron chi connectivity index (χ4n) is 3.68. The van der Waals surface area contributed by atoms with Crippen LogP contribution in [0.15, 0.2) is 48.5 Å². The highest BCUT2D eigenvalue weighted by Crippen LogP contribution is 2.37. The van der Waals surface area contributed by atoms with Crippen molar-refractivity contribution in [3.8, 4) is 11.3 Å². The average Bonchev–Trinajstić information content (AvgIpc) is 2.93. The molecule has 0 spiro atoms. The van der Waals surface area contributed by atoms with Crippen LogP contribution in [0.1, 0.15) is 27.9 Å². The number of hydrogen-bond donors (Lipinski definition) is 2. The molecule has 1 aromatic heterocycles. The summed E-state index contributed by atoms with van der Waals surface area (Å²) in [5, 5.41) is 20.6. The Balaban J connectivity index is 1.95. The first kappa shape index (κ1) is 15.5. The van der Waals surface area contributed by atoms with Gasteiger partial charge in [0.1, 0.15) is 0 Å². The van der Waals surface area contributed by atoms with Gasteiger partial charge in [0.2, 0.25) is 0 Å². The first-order chi connectivity index (χ1) is 11.7.